The third kappa shape index (κ3) is 2.53. The van der Waals surface area contributed by atoms with Gasteiger partial charge in [-0.15, -0.1) is 0 Å². The molecular weight excluding hydrogens is 268 g/mol. The fourth-order valence-electron chi connectivity index (χ4n) is 3.50. The lowest BCUT2D eigenvalue weighted by molar-refractivity contribution is -0.138. The molecule has 0 aromatic heterocycles. The number of aliphatic carboxylic acids is 1. The van der Waals surface area contributed by atoms with Crippen molar-refractivity contribution in [1.82, 2.24) is 0 Å². The van der Waals surface area contributed by atoms with Gasteiger partial charge in [0, 0.05) is 24.2 Å². The number of rotatable bonds is 2. The number of carboxylic acids is 1. The Morgan fingerprint density at radius 2 is 2.00 bits per heavy atom. The first-order chi connectivity index (χ1) is 10.1. The third-order valence-electron chi connectivity index (χ3n) is 4.60. The van der Waals surface area contributed by atoms with Crippen LogP contribution in [0, 0.1) is 5.92 Å². The van der Waals surface area contributed by atoms with Gasteiger partial charge in [0.15, 0.2) is 0 Å². The molecule has 21 heavy (non-hydrogen) atoms. The summed E-state index contributed by atoms with van der Waals surface area (Å²) >= 11 is 0. The highest BCUT2D eigenvalue weighted by molar-refractivity contribution is 6.00. The molecule has 2 aliphatic rings. The topological polar surface area (TPSA) is 83.6 Å². The normalized spacial score (nSPS) is 28.2. The van der Waals surface area contributed by atoms with Crippen molar-refractivity contribution in [2.75, 3.05) is 11.4 Å². The third-order valence-corrected chi connectivity index (χ3v) is 4.60. The zero-order valence-corrected chi connectivity index (χ0v) is 11.9. The van der Waals surface area contributed by atoms with Crippen LogP contribution in [0.4, 0.5) is 5.69 Å². The number of nitrogens with zero attached hydrogens (tertiary/aromatic N) is 1. The smallest absolute Gasteiger partial charge is 0.312 e. The largest absolute Gasteiger partial charge is 0.481 e. The Hall–Kier alpha value is -1.88. The number of amides is 1. The zero-order valence-electron chi connectivity index (χ0n) is 11.9. The summed E-state index contributed by atoms with van der Waals surface area (Å²) in [7, 11) is 0. The summed E-state index contributed by atoms with van der Waals surface area (Å²) in [4.78, 5) is 25.8. The number of carboxylic acid groups (broad SMARTS) is 1. The molecule has 3 unspecified atom stereocenters. The van der Waals surface area contributed by atoms with Crippen LogP contribution in [0.15, 0.2) is 24.3 Å². The molecule has 1 amide bonds. The fourth-order valence-corrected chi connectivity index (χ4v) is 3.50. The average Bonchev–Trinajstić information content (AvgIpc) is 2.86. The van der Waals surface area contributed by atoms with E-state index >= 15 is 0 Å². The minimum Gasteiger partial charge on any atom is -0.481 e. The fraction of sp³-hybridized carbons (Fsp3) is 0.500. The lowest BCUT2D eigenvalue weighted by atomic mass is 9.85. The van der Waals surface area contributed by atoms with Gasteiger partial charge in [0.1, 0.15) is 5.92 Å². The maximum absolute atomic E-state index is 12.8. The van der Waals surface area contributed by atoms with Gasteiger partial charge in [0.05, 0.1) is 0 Å². The summed E-state index contributed by atoms with van der Waals surface area (Å²) in [5.41, 5.74) is 7.45. The number of anilines is 1. The van der Waals surface area contributed by atoms with Gasteiger partial charge >= 0.3 is 5.97 Å². The van der Waals surface area contributed by atoms with Gasteiger partial charge in [0.2, 0.25) is 5.91 Å². The average molecular weight is 288 g/mol. The SMILES string of the molecule is NC1CCCC(C(=O)N2CC(C(=O)O)c3ccccc32)C1. The first-order valence-corrected chi connectivity index (χ1v) is 7.46. The van der Waals surface area contributed by atoms with E-state index in [9.17, 15) is 14.7 Å². The van der Waals surface area contributed by atoms with Crippen LogP contribution in [0.1, 0.15) is 37.2 Å². The maximum atomic E-state index is 12.8. The number of carbonyl (C=O) groups excluding carboxylic acids is 1. The van der Waals surface area contributed by atoms with Gasteiger partial charge in [-0.05, 0) is 30.9 Å². The Balaban J connectivity index is 1.86. The van der Waals surface area contributed by atoms with Gasteiger partial charge in [-0.2, -0.15) is 0 Å². The second-order valence-electron chi connectivity index (χ2n) is 6.02. The second-order valence-corrected chi connectivity index (χ2v) is 6.02. The molecule has 1 aromatic rings. The molecule has 1 aromatic carbocycles. The molecule has 0 bridgehead atoms. The monoisotopic (exact) mass is 288 g/mol. The van der Waals surface area contributed by atoms with E-state index in [1.54, 1.807) is 11.0 Å². The molecule has 5 heteroatoms. The van der Waals surface area contributed by atoms with Crippen LogP contribution in [0.25, 0.3) is 0 Å². The standard InChI is InChI=1S/C16H20N2O3/c17-11-5-3-4-10(8-11)15(19)18-9-13(16(20)21)12-6-1-2-7-14(12)18/h1-2,6-7,10-11,13H,3-5,8-9,17H2,(H,20,21). The molecule has 0 saturated heterocycles. The van der Waals surface area contributed by atoms with Gasteiger partial charge in [-0.1, -0.05) is 24.6 Å². The molecule has 1 aliphatic carbocycles. The number of hydrogen-bond donors (Lipinski definition) is 2. The van der Waals surface area contributed by atoms with Gasteiger partial charge in [-0.25, -0.2) is 0 Å². The molecule has 1 heterocycles. The molecule has 1 fully saturated rings. The van der Waals surface area contributed by atoms with E-state index in [0.29, 0.717) is 6.42 Å². The molecule has 1 aliphatic heterocycles. The molecule has 5 nitrogen and oxygen atoms in total. The predicted octanol–water partition coefficient (Wildman–Crippen LogP) is 1.72. The number of nitrogens with two attached hydrogens (primary N) is 1. The number of para-hydroxylation sites is 1. The molecule has 3 N–H and O–H groups in total. The van der Waals surface area contributed by atoms with Gasteiger partial charge < -0.3 is 15.7 Å². The van der Waals surface area contributed by atoms with Crippen LogP contribution in [0.3, 0.4) is 0 Å². The minimum atomic E-state index is -0.877. The van der Waals surface area contributed by atoms with Crippen molar-refractivity contribution in [2.45, 2.75) is 37.6 Å². The van der Waals surface area contributed by atoms with Crippen molar-refractivity contribution in [3.05, 3.63) is 29.8 Å². The lowest BCUT2D eigenvalue weighted by Gasteiger charge is -2.29. The van der Waals surface area contributed by atoms with E-state index in [2.05, 4.69) is 0 Å². The van der Waals surface area contributed by atoms with Crippen LogP contribution in [0.5, 0.6) is 0 Å². The minimum absolute atomic E-state index is 0.0290. The first kappa shape index (κ1) is 14.1. The van der Waals surface area contributed by atoms with Crippen LogP contribution in [-0.4, -0.2) is 29.6 Å². The van der Waals surface area contributed by atoms with Gasteiger partial charge in [-0.3, -0.25) is 9.59 Å². The summed E-state index contributed by atoms with van der Waals surface area (Å²) in [5, 5.41) is 9.35. The Morgan fingerprint density at radius 1 is 1.24 bits per heavy atom. The molecule has 112 valence electrons. The second kappa shape index (κ2) is 5.48. The van der Waals surface area contributed by atoms with E-state index in [1.807, 2.05) is 18.2 Å². The zero-order chi connectivity index (χ0) is 15.0. The quantitative estimate of drug-likeness (QED) is 0.868. The predicted molar refractivity (Wildman–Crippen MR) is 79.1 cm³/mol. The van der Waals surface area contributed by atoms with E-state index in [1.165, 1.54) is 0 Å². The van der Waals surface area contributed by atoms with E-state index in [4.69, 9.17) is 5.73 Å². The van der Waals surface area contributed by atoms with Crippen molar-refractivity contribution in [3.8, 4) is 0 Å². The lowest BCUT2D eigenvalue weighted by Crippen LogP contribution is -2.40. The summed E-state index contributed by atoms with van der Waals surface area (Å²) < 4.78 is 0. The summed E-state index contributed by atoms with van der Waals surface area (Å²) in [6.45, 7) is 0.235. The summed E-state index contributed by atoms with van der Waals surface area (Å²) in [5.74, 6) is -1.55. The Kier molecular flexibility index (Phi) is 3.68. The van der Waals surface area contributed by atoms with Crippen molar-refractivity contribution in [1.29, 1.82) is 0 Å². The molecule has 0 spiro atoms. The number of carbonyl (C=O) groups is 2. The molecule has 3 rings (SSSR count). The van der Waals surface area contributed by atoms with Crippen molar-refractivity contribution >= 4 is 17.6 Å². The Labute approximate surface area is 123 Å². The summed E-state index contributed by atoms with van der Waals surface area (Å²) in [6, 6.07) is 7.38. The highest BCUT2D eigenvalue weighted by atomic mass is 16.4. The number of benzene rings is 1. The number of fused-ring (bicyclic) bond motifs is 1. The van der Waals surface area contributed by atoms with Crippen molar-refractivity contribution in [3.63, 3.8) is 0 Å². The first-order valence-electron chi connectivity index (χ1n) is 7.46. The maximum Gasteiger partial charge on any atom is 0.312 e. The van der Waals surface area contributed by atoms with E-state index in [-0.39, 0.29) is 24.4 Å². The van der Waals surface area contributed by atoms with Crippen LogP contribution >= 0.6 is 0 Å². The number of hydrogen-bond acceptors (Lipinski definition) is 3. The molecule has 0 radical (unpaired) electrons. The molecule has 3 atom stereocenters. The summed E-state index contributed by atoms with van der Waals surface area (Å²) in [6.07, 6.45) is 3.49. The van der Waals surface area contributed by atoms with Crippen LogP contribution < -0.4 is 10.6 Å². The Bertz CT molecular complexity index is 572. The molecule has 1 saturated carbocycles. The Morgan fingerprint density at radius 3 is 2.71 bits per heavy atom. The highest BCUT2D eigenvalue weighted by Gasteiger charge is 2.39. The van der Waals surface area contributed by atoms with Crippen molar-refractivity contribution < 1.29 is 14.7 Å². The highest BCUT2D eigenvalue weighted by Crippen LogP contribution is 2.38. The van der Waals surface area contributed by atoms with Gasteiger partial charge in [0.25, 0.3) is 0 Å². The van der Waals surface area contributed by atoms with E-state index < -0.39 is 11.9 Å². The van der Waals surface area contributed by atoms with Crippen LogP contribution in [0.2, 0.25) is 0 Å². The molecular formula is C16H20N2O3. The van der Waals surface area contributed by atoms with Crippen molar-refractivity contribution in [2.24, 2.45) is 11.7 Å². The van der Waals surface area contributed by atoms with Crippen LogP contribution in [-0.2, 0) is 9.59 Å². The van der Waals surface area contributed by atoms with E-state index in [0.717, 1.165) is 30.5 Å².